The molecule has 5 heteroatoms. The van der Waals surface area contributed by atoms with Crippen LogP contribution < -0.4 is 5.32 Å². The van der Waals surface area contributed by atoms with Crippen LogP contribution in [0.3, 0.4) is 0 Å². The average Bonchev–Trinajstić information content (AvgIpc) is 2.71. The Morgan fingerprint density at radius 2 is 2.17 bits per heavy atom. The van der Waals surface area contributed by atoms with Crippen molar-refractivity contribution in [1.29, 1.82) is 0 Å². The highest BCUT2D eigenvalue weighted by Gasteiger charge is 2.30. The highest BCUT2D eigenvalue weighted by Crippen LogP contribution is 2.22. The normalized spacial score (nSPS) is 18.6. The minimum Gasteiger partial charge on any atom is -0.453 e. The van der Waals surface area contributed by atoms with Gasteiger partial charge in [0, 0.05) is 24.3 Å². The lowest BCUT2D eigenvalue weighted by atomic mass is 9.92. The van der Waals surface area contributed by atoms with Crippen molar-refractivity contribution in [3.8, 4) is 0 Å². The van der Waals surface area contributed by atoms with Crippen molar-refractivity contribution in [3.63, 3.8) is 0 Å². The first kappa shape index (κ1) is 13.1. The summed E-state index contributed by atoms with van der Waals surface area (Å²) in [5, 5.41) is 12.0. The molecule has 2 N–H and O–H groups in total. The number of hydrogen-bond donors (Lipinski definition) is 2. The molecular formula is C13H19NO4. The molecule has 18 heavy (non-hydrogen) atoms. The van der Waals surface area contributed by atoms with Gasteiger partial charge in [-0.25, -0.2) is 0 Å². The van der Waals surface area contributed by atoms with Gasteiger partial charge in [-0.1, -0.05) is 0 Å². The molecule has 0 unspecified atom stereocenters. The molecule has 1 fully saturated rings. The molecule has 100 valence electrons. The van der Waals surface area contributed by atoms with Gasteiger partial charge in [0.1, 0.15) is 12.4 Å². The number of amides is 1. The maximum absolute atomic E-state index is 12.1. The maximum atomic E-state index is 12.1. The van der Waals surface area contributed by atoms with Crippen molar-refractivity contribution in [3.05, 3.63) is 23.2 Å². The standard InChI is InChI=1S/C13H19NO4/c1-9-7-10(8-15)18-11(9)12(16)14-13(2)3-5-17-6-4-13/h7,15H,3-6,8H2,1-2H3,(H,14,16). The molecule has 5 nitrogen and oxygen atoms in total. The van der Waals surface area contributed by atoms with Gasteiger partial charge in [-0.2, -0.15) is 0 Å². The summed E-state index contributed by atoms with van der Waals surface area (Å²) in [6.07, 6.45) is 1.59. The molecule has 1 aromatic rings. The Kier molecular flexibility index (Phi) is 3.73. The van der Waals surface area contributed by atoms with E-state index in [1.165, 1.54) is 0 Å². The molecule has 0 bridgehead atoms. The van der Waals surface area contributed by atoms with Gasteiger partial charge in [0.2, 0.25) is 0 Å². The first-order chi connectivity index (χ1) is 8.54. The van der Waals surface area contributed by atoms with Crippen LogP contribution in [0.1, 0.15) is 41.6 Å². The third-order valence-electron chi connectivity index (χ3n) is 3.34. The van der Waals surface area contributed by atoms with Crippen molar-refractivity contribution in [2.75, 3.05) is 13.2 Å². The topological polar surface area (TPSA) is 71.7 Å². The zero-order valence-corrected chi connectivity index (χ0v) is 10.8. The quantitative estimate of drug-likeness (QED) is 0.853. The molecule has 0 aromatic carbocycles. The second-order valence-electron chi connectivity index (χ2n) is 5.01. The lowest BCUT2D eigenvalue weighted by Gasteiger charge is -2.34. The van der Waals surface area contributed by atoms with Gasteiger partial charge < -0.3 is 19.6 Å². The van der Waals surface area contributed by atoms with E-state index in [1.807, 2.05) is 6.92 Å². The van der Waals surface area contributed by atoms with E-state index < -0.39 is 0 Å². The van der Waals surface area contributed by atoms with Crippen LogP contribution in [0.2, 0.25) is 0 Å². The van der Waals surface area contributed by atoms with Crippen LogP contribution in [-0.4, -0.2) is 29.8 Å². The minimum absolute atomic E-state index is 0.195. The van der Waals surface area contributed by atoms with Gasteiger partial charge in [0.15, 0.2) is 5.76 Å². The zero-order chi connectivity index (χ0) is 13.2. The molecule has 0 spiro atoms. The van der Waals surface area contributed by atoms with E-state index in [2.05, 4.69) is 5.32 Å². The van der Waals surface area contributed by atoms with Crippen LogP contribution in [-0.2, 0) is 11.3 Å². The number of aliphatic hydroxyl groups is 1. The number of ether oxygens (including phenoxy) is 1. The highest BCUT2D eigenvalue weighted by atomic mass is 16.5. The summed E-state index contributed by atoms with van der Waals surface area (Å²) < 4.78 is 10.6. The fourth-order valence-electron chi connectivity index (χ4n) is 2.13. The van der Waals surface area contributed by atoms with Crippen LogP contribution in [0.5, 0.6) is 0 Å². The number of furan rings is 1. The Hall–Kier alpha value is -1.33. The number of nitrogens with one attached hydrogen (secondary N) is 1. The predicted octanol–water partition coefficient (Wildman–Crippen LogP) is 1.38. The number of carbonyl (C=O) groups excluding carboxylic acids is 1. The molecule has 1 aliphatic rings. The largest absolute Gasteiger partial charge is 0.453 e. The Morgan fingerprint density at radius 1 is 1.50 bits per heavy atom. The molecule has 0 saturated carbocycles. The van der Waals surface area contributed by atoms with E-state index in [0.29, 0.717) is 19.0 Å². The van der Waals surface area contributed by atoms with E-state index >= 15 is 0 Å². The number of carbonyl (C=O) groups is 1. The molecular weight excluding hydrogens is 234 g/mol. The smallest absolute Gasteiger partial charge is 0.287 e. The molecule has 2 heterocycles. The maximum Gasteiger partial charge on any atom is 0.287 e. The van der Waals surface area contributed by atoms with Crippen LogP contribution in [0.15, 0.2) is 10.5 Å². The second kappa shape index (κ2) is 5.12. The van der Waals surface area contributed by atoms with Gasteiger partial charge in [0.05, 0.1) is 0 Å². The highest BCUT2D eigenvalue weighted by molar-refractivity contribution is 5.93. The molecule has 1 saturated heterocycles. The summed E-state index contributed by atoms with van der Waals surface area (Å²) in [4.78, 5) is 12.1. The fourth-order valence-corrected chi connectivity index (χ4v) is 2.13. The van der Waals surface area contributed by atoms with Crippen molar-refractivity contribution < 1.29 is 19.1 Å². The first-order valence-corrected chi connectivity index (χ1v) is 6.14. The summed E-state index contributed by atoms with van der Waals surface area (Å²) in [6.45, 7) is 4.94. The number of aliphatic hydroxyl groups excluding tert-OH is 1. The Bertz CT molecular complexity index is 432. The SMILES string of the molecule is Cc1cc(CO)oc1C(=O)NC1(C)CCOCC1. The van der Waals surface area contributed by atoms with Crippen molar-refractivity contribution in [2.24, 2.45) is 0 Å². The van der Waals surface area contributed by atoms with Gasteiger partial charge in [0.25, 0.3) is 5.91 Å². The summed E-state index contributed by atoms with van der Waals surface area (Å²) >= 11 is 0. The summed E-state index contributed by atoms with van der Waals surface area (Å²) in [5.74, 6) is 0.471. The lowest BCUT2D eigenvalue weighted by Crippen LogP contribution is -2.49. The average molecular weight is 253 g/mol. The number of aryl methyl sites for hydroxylation is 1. The number of rotatable bonds is 3. The summed E-state index contributed by atoms with van der Waals surface area (Å²) in [5.41, 5.74) is 0.501. The van der Waals surface area contributed by atoms with Gasteiger partial charge in [-0.05, 0) is 32.8 Å². The van der Waals surface area contributed by atoms with Gasteiger partial charge >= 0.3 is 0 Å². The van der Waals surface area contributed by atoms with Gasteiger partial charge in [-0.15, -0.1) is 0 Å². The molecule has 0 radical (unpaired) electrons. The third kappa shape index (κ3) is 2.73. The zero-order valence-electron chi connectivity index (χ0n) is 10.8. The van der Waals surface area contributed by atoms with E-state index in [9.17, 15) is 4.79 Å². The Balaban J connectivity index is 2.08. The second-order valence-corrected chi connectivity index (χ2v) is 5.01. The van der Waals surface area contributed by atoms with Crippen LogP contribution in [0, 0.1) is 6.92 Å². The number of hydrogen-bond acceptors (Lipinski definition) is 4. The summed E-state index contributed by atoms with van der Waals surface area (Å²) in [6, 6.07) is 1.68. The van der Waals surface area contributed by atoms with Crippen molar-refractivity contribution in [1.82, 2.24) is 5.32 Å². The molecule has 1 amide bonds. The van der Waals surface area contributed by atoms with Crippen molar-refractivity contribution >= 4 is 5.91 Å². The molecule has 1 aliphatic heterocycles. The van der Waals surface area contributed by atoms with Crippen molar-refractivity contribution in [2.45, 2.75) is 38.8 Å². The summed E-state index contributed by atoms with van der Waals surface area (Å²) in [7, 11) is 0. The van der Waals surface area contributed by atoms with E-state index in [-0.39, 0.29) is 23.8 Å². The Labute approximate surface area is 106 Å². The lowest BCUT2D eigenvalue weighted by molar-refractivity contribution is 0.0413. The molecule has 1 aromatic heterocycles. The van der Waals surface area contributed by atoms with E-state index in [0.717, 1.165) is 18.4 Å². The molecule has 0 aliphatic carbocycles. The molecule has 0 atom stereocenters. The monoisotopic (exact) mass is 253 g/mol. The van der Waals surface area contributed by atoms with E-state index in [4.69, 9.17) is 14.3 Å². The molecule has 2 rings (SSSR count). The fraction of sp³-hybridized carbons (Fsp3) is 0.615. The minimum atomic E-state index is -0.242. The van der Waals surface area contributed by atoms with Crippen LogP contribution in [0.4, 0.5) is 0 Å². The predicted molar refractivity (Wildman–Crippen MR) is 65.3 cm³/mol. The van der Waals surface area contributed by atoms with Crippen LogP contribution in [0.25, 0.3) is 0 Å². The first-order valence-electron chi connectivity index (χ1n) is 6.14. The van der Waals surface area contributed by atoms with E-state index in [1.54, 1.807) is 13.0 Å². The Morgan fingerprint density at radius 3 is 2.72 bits per heavy atom. The third-order valence-corrected chi connectivity index (χ3v) is 3.34. The van der Waals surface area contributed by atoms with Gasteiger partial charge in [-0.3, -0.25) is 4.79 Å². The van der Waals surface area contributed by atoms with Crippen LogP contribution >= 0.6 is 0 Å².